The van der Waals surface area contributed by atoms with Crippen LogP contribution in [0.2, 0.25) is 0 Å². The lowest BCUT2D eigenvalue weighted by molar-refractivity contribution is 0.0696. The van der Waals surface area contributed by atoms with Crippen LogP contribution in [0.25, 0.3) is 27.5 Å². The van der Waals surface area contributed by atoms with Crippen molar-refractivity contribution in [3.63, 3.8) is 0 Å². The Kier molecular flexibility index (Phi) is 6.08. The van der Waals surface area contributed by atoms with Gasteiger partial charge in [0.15, 0.2) is 0 Å². The number of nitrogens with zero attached hydrogens (tertiary/aromatic N) is 4. The molecule has 192 valence electrons. The molecule has 0 fully saturated rings. The fraction of sp³-hybridized carbons (Fsp3) is 0.100. The molecule has 6 aromatic rings. The maximum atomic E-state index is 13.7. The summed E-state index contributed by atoms with van der Waals surface area (Å²) in [5.74, 6) is -0.599. The monoisotopic (exact) mass is 517 g/mol. The van der Waals surface area contributed by atoms with E-state index < -0.39 is 5.97 Å². The number of hydrogen-bond donors (Lipinski definition) is 2. The molecule has 3 aromatic carbocycles. The smallest absolute Gasteiger partial charge is 0.335 e. The molecule has 2 N–H and O–H groups in total. The molecule has 0 saturated heterocycles. The molecule has 0 aliphatic rings. The Morgan fingerprint density at radius 3 is 2.51 bits per heavy atom. The van der Waals surface area contributed by atoms with Gasteiger partial charge in [-0.2, -0.15) is 0 Å². The zero-order valence-electron chi connectivity index (χ0n) is 20.9. The molecule has 6 rings (SSSR count). The number of carbonyl (C=O) groups is 2. The zero-order valence-corrected chi connectivity index (χ0v) is 20.9. The Balaban J connectivity index is 1.38. The first-order valence-corrected chi connectivity index (χ1v) is 12.4. The molecule has 3 aromatic heterocycles. The van der Waals surface area contributed by atoms with Crippen LogP contribution in [-0.4, -0.2) is 36.7 Å². The number of carboxylic acids is 1. The summed E-state index contributed by atoms with van der Waals surface area (Å²) in [5, 5.41) is 22.1. The van der Waals surface area contributed by atoms with E-state index in [-0.39, 0.29) is 17.5 Å². The Morgan fingerprint density at radius 2 is 1.77 bits per heavy atom. The first kappa shape index (κ1) is 24.1. The third-order valence-corrected chi connectivity index (χ3v) is 6.77. The van der Waals surface area contributed by atoms with E-state index >= 15 is 0 Å². The van der Waals surface area contributed by atoms with E-state index in [0.29, 0.717) is 29.2 Å². The van der Waals surface area contributed by atoms with Crippen LogP contribution in [0.15, 0.2) is 95.9 Å². The molecule has 3 heterocycles. The number of fused-ring (bicyclic) bond motifs is 2. The molecule has 1 amide bonds. The number of imidazole rings is 1. The third kappa shape index (κ3) is 4.73. The molecule has 0 radical (unpaired) electrons. The highest BCUT2D eigenvalue weighted by atomic mass is 16.6. The summed E-state index contributed by atoms with van der Waals surface area (Å²) in [4.78, 5) is 29.6. The highest BCUT2D eigenvalue weighted by molar-refractivity contribution is 5.95. The fourth-order valence-corrected chi connectivity index (χ4v) is 4.73. The lowest BCUT2D eigenvalue weighted by Crippen LogP contribution is -2.28. The molecule has 1 atom stereocenters. The standard InChI is InChI=1S/C30H23N5O4/c1-18(20-8-10-22(11-9-20)30(37)38)33-29(36)27-15-24(26-17-32-39-34-26)14-25-16-31-28(35(25)27)13-19-6-7-21-4-2-3-5-23(21)12-19/h2-12,14-18H,13H2,1H3,(H,33,36)(H,37,38)/t18-/m0/s1. The number of nitrogens with one attached hydrogen (secondary N) is 1. The lowest BCUT2D eigenvalue weighted by Gasteiger charge is -2.17. The van der Waals surface area contributed by atoms with Gasteiger partial charge >= 0.3 is 5.97 Å². The van der Waals surface area contributed by atoms with Crippen molar-refractivity contribution in [3.05, 3.63) is 119 Å². The molecule has 9 nitrogen and oxygen atoms in total. The van der Waals surface area contributed by atoms with Crippen molar-refractivity contribution in [2.75, 3.05) is 0 Å². The number of aromatic nitrogens is 4. The predicted octanol–water partition coefficient (Wildman–Crippen LogP) is 5.32. The lowest BCUT2D eigenvalue weighted by atomic mass is 10.0. The minimum absolute atomic E-state index is 0.185. The van der Waals surface area contributed by atoms with Gasteiger partial charge in [0.1, 0.15) is 17.2 Å². The SMILES string of the molecule is C[C@H](NC(=O)c1cc(-c2cnon2)cc2cnc(Cc3ccc4ccccc4c3)n12)c1ccc(C(=O)O)cc1. The second-order valence-corrected chi connectivity index (χ2v) is 9.34. The number of hydrogen-bond acceptors (Lipinski definition) is 6. The van der Waals surface area contributed by atoms with Crippen molar-refractivity contribution in [2.45, 2.75) is 19.4 Å². The van der Waals surface area contributed by atoms with Crippen molar-refractivity contribution in [1.82, 2.24) is 25.0 Å². The van der Waals surface area contributed by atoms with Crippen LogP contribution in [0.1, 0.15) is 50.8 Å². The van der Waals surface area contributed by atoms with Crippen LogP contribution in [0.5, 0.6) is 0 Å². The van der Waals surface area contributed by atoms with Crippen LogP contribution >= 0.6 is 0 Å². The van der Waals surface area contributed by atoms with Crippen molar-refractivity contribution >= 4 is 28.2 Å². The fourth-order valence-electron chi connectivity index (χ4n) is 4.73. The van der Waals surface area contributed by atoms with Crippen molar-refractivity contribution in [1.29, 1.82) is 0 Å². The number of benzene rings is 3. The maximum absolute atomic E-state index is 13.7. The highest BCUT2D eigenvalue weighted by Gasteiger charge is 2.20. The highest BCUT2D eigenvalue weighted by Crippen LogP contribution is 2.25. The van der Waals surface area contributed by atoms with Crippen LogP contribution in [0.4, 0.5) is 0 Å². The average molecular weight is 518 g/mol. The van der Waals surface area contributed by atoms with Gasteiger partial charge in [0.2, 0.25) is 0 Å². The summed E-state index contributed by atoms with van der Waals surface area (Å²) in [6, 6.07) is 24.2. The Bertz CT molecular complexity index is 1820. The van der Waals surface area contributed by atoms with Gasteiger partial charge in [-0.05, 0) is 58.2 Å². The van der Waals surface area contributed by atoms with E-state index in [4.69, 9.17) is 4.63 Å². The largest absolute Gasteiger partial charge is 0.478 e. The average Bonchev–Trinajstić information content (AvgIpc) is 3.63. The number of carboxylic acid groups (broad SMARTS) is 1. The van der Waals surface area contributed by atoms with Crippen molar-refractivity contribution in [3.8, 4) is 11.3 Å². The predicted molar refractivity (Wildman–Crippen MR) is 145 cm³/mol. The quantitative estimate of drug-likeness (QED) is 0.294. The summed E-state index contributed by atoms with van der Waals surface area (Å²) < 4.78 is 6.63. The second kappa shape index (κ2) is 9.86. The Morgan fingerprint density at radius 1 is 0.974 bits per heavy atom. The molecule has 39 heavy (non-hydrogen) atoms. The molecule has 0 bridgehead atoms. The summed E-state index contributed by atoms with van der Waals surface area (Å²) in [5.41, 5.74) is 4.32. The van der Waals surface area contributed by atoms with Crippen LogP contribution in [0.3, 0.4) is 0 Å². The molecule has 9 heteroatoms. The minimum atomic E-state index is -1.00. The molecule has 0 spiro atoms. The summed E-state index contributed by atoms with van der Waals surface area (Å²) >= 11 is 0. The zero-order chi connectivity index (χ0) is 26.9. The van der Waals surface area contributed by atoms with Gasteiger partial charge in [-0.15, -0.1) is 0 Å². The molecular weight excluding hydrogens is 494 g/mol. The Hall–Kier alpha value is -5.31. The van der Waals surface area contributed by atoms with Gasteiger partial charge in [0, 0.05) is 12.0 Å². The third-order valence-electron chi connectivity index (χ3n) is 6.77. The topological polar surface area (TPSA) is 123 Å². The van der Waals surface area contributed by atoms with Crippen LogP contribution in [0, 0.1) is 0 Å². The van der Waals surface area contributed by atoms with Crippen molar-refractivity contribution in [2.24, 2.45) is 0 Å². The van der Waals surface area contributed by atoms with Gasteiger partial charge in [0.05, 0.1) is 29.5 Å². The number of carbonyl (C=O) groups excluding carboxylic acids is 1. The normalized spacial score (nSPS) is 12.0. The van der Waals surface area contributed by atoms with E-state index in [1.165, 1.54) is 18.3 Å². The van der Waals surface area contributed by atoms with Crippen LogP contribution in [-0.2, 0) is 6.42 Å². The first-order chi connectivity index (χ1) is 19.0. The Labute approximate surface area is 222 Å². The van der Waals surface area contributed by atoms with E-state index in [1.807, 2.05) is 29.5 Å². The molecule has 0 aliphatic carbocycles. The minimum Gasteiger partial charge on any atom is -0.478 e. The summed E-state index contributed by atoms with van der Waals surface area (Å²) in [7, 11) is 0. The number of amides is 1. The van der Waals surface area contributed by atoms with E-state index in [1.54, 1.807) is 24.4 Å². The summed E-state index contributed by atoms with van der Waals surface area (Å²) in [6.45, 7) is 1.85. The second-order valence-electron chi connectivity index (χ2n) is 9.34. The van der Waals surface area contributed by atoms with E-state index in [9.17, 15) is 14.7 Å². The molecule has 0 saturated carbocycles. The van der Waals surface area contributed by atoms with Gasteiger partial charge in [-0.3, -0.25) is 9.20 Å². The van der Waals surface area contributed by atoms with E-state index in [0.717, 1.165) is 27.4 Å². The number of aromatic carboxylic acids is 1. The van der Waals surface area contributed by atoms with Gasteiger partial charge in [0.25, 0.3) is 5.91 Å². The van der Waals surface area contributed by atoms with Gasteiger partial charge < -0.3 is 10.4 Å². The van der Waals surface area contributed by atoms with E-state index in [2.05, 4.69) is 50.9 Å². The van der Waals surface area contributed by atoms with Gasteiger partial charge in [-0.25, -0.2) is 14.4 Å². The number of rotatable bonds is 7. The van der Waals surface area contributed by atoms with Crippen LogP contribution < -0.4 is 5.32 Å². The molecule has 0 unspecified atom stereocenters. The molecule has 0 aliphatic heterocycles. The maximum Gasteiger partial charge on any atom is 0.335 e. The summed E-state index contributed by atoms with van der Waals surface area (Å²) in [6.07, 6.45) is 3.75. The van der Waals surface area contributed by atoms with Gasteiger partial charge in [-0.1, -0.05) is 59.8 Å². The first-order valence-electron chi connectivity index (χ1n) is 12.4. The number of pyridine rings is 1. The van der Waals surface area contributed by atoms with Crippen molar-refractivity contribution < 1.29 is 19.3 Å². The molecular formula is C30H23N5O4.